The molecule has 0 spiro atoms. The third-order valence-electron chi connectivity index (χ3n) is 3.24. The van der Waals surface area contributed by atoms with Crippen LogP contribution in [0.5, 0.6) is 0 Å². The van der Waals surface area contributed by atoms with Crippen molar-refractivity contribution in [1.82, 2.24) is 5.32 Å². The van der Waals surface area contributed by atoms with Crippen molar-refractivity contribution in [3.05, 3.63) is 23.7 Å². The van der Waals surface area contributed by atoms with Gasteiger partial charge in [-0.15, -0.1) is 0 Å². The molecule has 2 nitrogen and oxygen atoms in total. The minimum atomic E-state index is 0.546. The van der Waals surface area contributed by atoms with E-state index in [4.69, 9.17) is 4.42 Å². The van der Waals surface area contributed by atoms with Gasteiger partial charge in [0.2, 0.25) is 0 Å². The fourth-order valence-electron chi connectivity index (χ4n) is 2.37. The summed E-state index contributed by atoms with van der Waals surface area (Å²) in [5, 5.41) is 3.58. The highest BCUT2D eigenvalue weighted by Gasteiger charge is 2.21. The molecule has 0 bridgehead atoms. The third-order valence-corrected chi connectivity index (χ3v) is 3.24. The topological polar surface area (TPSA) is 25.2 Å². The molecule has 1 aliphatic heterocycles. The minimum Gasteiger partial charge on any atom is -0.469 e. The number of unbranched alkanes of at least 4 members (excludes halogenated alkanes) is 3. The van der Waals surface area contributed by atoms with Gasteiger partial charge in [-0.2, -0.15) is 0 Å². The minimum absolute atomic E-state index is 0.546. The Morgan fingerprint density at radius 3 is 3.20 bits per heavy atom. The zero-order chi connectivity index (χ0) is 10.5. The summed E-state index contributed by atoms with van der Waals surface area (Å²) in [6.07, 6.45) is 9.51. The summed E-state index contributed by atoms with van der Waals surface area (Å²) in [4.78, 5) is 0. The van der Waals surface area contributed by atoms with E-state index in [1.165, 1.54) is 43.4 Å². The summed E-state index contributed by atoms with van der Waals surface area (Å²) in [5.41, 5.74) is 1.40. The van der Waals surface area contributed by atoms with Crippen LogP contribution in [-0.2, 0) is 6.42 Å². The SMILES string of the molecule is CCCCCCC1NCCc2occc21. The summed E-state index contributed by atoms with van der Waals surface area (Å²) in [6.45, 7) is 3.33. The van der Waals surface area contributed by atoms with E-state index in [1.807, 2.05) is 6.26 Å². The highest BCUT2D eigenvalue weighted by molar-refractivity contribution is 5.24. The highest BCUT2D eigenvalue weighted by atomic mass is 16.3. The Morgan fingerprint density at radius 2 is 2.33 bits per heavy atom. The molecule has 1 N–H and O–H groups in total. The van der Waals surface area contributed by atoms with Gasteiger partial charge in [0, 0.05) is 24.6 Å². The second-order valence-corrected chi connectivity index (χ2v) is 4.41. The van der Waals surface area contributed by atoms with Gasteiger partial charge in [0.25, 0.3) is 0 Å². The Balaban J connectivity index is 1.84. The van der Waals surface area contributed by atoms with Crippen LogP contribution in [0.1, 0.15) is 56.4 Å². The molecular formula is C13H21NO. The quantitative estimate of drug-likeness (QED) is 0.748. The highest BCUT2D eigenvalue weighted by Crippen LogP contribution is 2.27. The average Bonchev–Trinajstić information content (AvgIpc) is 2.73. The lowest BCUT2D eigenvalue weighted by Crippen LogP contribution is -2.28. The van der Waals surface area contributed by atoms with E-state index < -0.39 is 0 Å². The Bertz CT molecular complexity index is 292. The second-order valence-electron chi connectivity index (χ2n) is 4.41. The van der Waals surface area contributed by atoms with Gasteiger partial charge in [0.05, 0.1) is 6.26 Å². The van der Waals surface area contributed by atoms with E-state index >= 15 is 0 Å². The van der Waals surface area contributed by atoms with Gasteiger partial charge in [-0.25, -0.2) is 0 Å². The number of rotatable bonds is 5. The largest absolute Gasteiger partial charge is 0.469 e. The van der Waals surface area contributed by atoms with Crippen molar-refractivity contribution in [3.63, 3.8) is 0 Å². The molecule has 1 aromatic rings. The van der Waals surface area contributed by atoms with Gasteiger partial charge in [0.15, 0.2) is 0 Å². The molecule has 2 rings (SSSR count). The first-order chi connectivity index (χ1) is 7.42. The Morgan fingerprint density at radius 1 is 1.40 bits per heavy atom. The van der Waals surface area contributed by atoms with Gasteiger partial charge >= 0.3 is 0 Å². The first kappa shape index (κ1) is 10.7. The van der Waals surface area contributed by atoms with Crippen LogP contribution < -0.4 is 5.32 Å². The summed E-state index contributed by atoms with van der Waals surface area (Å²) >= 11 is 0. The smallest absolute Gasteiger partial charge is 0.109 e. The molecule has 0 aromatic carbocycles. The maximum atomic E-state index is 5.47. The number of hydrogen-bond donors (Lipinski definition) is 1. The fourth-order valence-corrected chi connectivity index (χ4v) is 2.37. The zero-order valence-corrected chi connectivity index (χ0v) is 9.59. The molecule has 0 radical (unpaired) electrons. The Labute approximate surface area is 92.1 Å². The molecule has 0 aliphatic carbocycles. The number of hydrogen-bond acceptors (Lipinski definition) is 2. The van der Waals surface area contributed by atoms with E-state index in [-0.39, 0.29) is 0 Å². The molecule has 0 saturated heterocycles. The lowest BCUT2D eigenvalue weighted by atomic mass is 9.96. The summed E-state index contributed by atoms with van der Waals surface area (Å²) in [5.74, 6) is 1.20. The molecule has 15 heavy (non-hydrogen) atoms. The Kier molecular flexibility index (Phi) is 3.84. The number of fused-ring (bicyclic) bond motifs is 1. The maximum absolute atomic E-state index is 5.47. The molecule has 84 valence electrons. The van der Waals surface area contributed by atoms with E-state index in [9.17, 15) is 0 Å². The molecule has 2 heteroatoms. The van der Waals surface area contributed by atoms with Gasteiger partial charge < -0.3 is 9.73 Å². The maximum Gasteiger partial charge on any atom is 0.109 e. The van der Waals surface area contributed by atoms with Crippen LogP contribution in [-0.4, -0.2) is 6.54 Å². The lowest BCUT2D eigenvalue weighted by molar-refractivity contribution is 0.408. The average molecular weight is 207 g/mol. The number of furan rings is 1. The molecule has 1 aromatic heterocycles. The van der Waals surface area contributed by atoms with Crippen LogP contribution >= 0.6 is 0 Å². The summed E-state index contributed by atoms with van der Waals surface area (Å²) in [7, 11) is 0. The van der Waals surface area contributed by atoms with Gasteiger partial charge in [0.1, 0.15) is 5.76 Å². The fraction of sp³-hybridized carbons (Fsp3) is 0.692. The predicted molar refractivity (Wildman–Crippen MR) is 61.9 cm³/mol. The van der Waals surface area contributed by atoms with Crippen LogP contribution in [0.3, 0.4) is 0 Å². The predicted octanol–water partition coefficient (Wildman–Crippen LogP) is 3.44. The van der Waals surface area contributed by atoms with Crippen molar-refractivity contribution >= 4 is 0 Å². The van der Waals surface area contributed by atoms with Gasteiger partial charge in [-0.05, 0) is 12.5 Å². The molecule has 2 heterocycles. The molecular weight excluding hydrogens is 186 g/mol. The Hall–Kier alpha value is -0.760. The molecule has 1 atom stereocenters. The van der Waals surface area contributed by atoms with Crippen LogP contribution in [0.4, 0.5) is 0 Å². The standard InChI is InChI=1S/C13H21NO/c1-2-3-4-5-6-12-11-8-10-15-13(11)7-9-14-12/h8,10,12,14H,2-7,9H2,1H3. The van der Waals surface area contributed by atoms with Gasteiger partial charge in [-0.3, -0.25) is 0 Å². The van der Waals surface area contributed by atoms with E-state index in [1.54, 1.807) is 0 Å². The van der Waals surface area contributed by atoms with Crippen LogP contribution in [0.15, 0.2) is 16.7 Å². The van der Waals surface area contributed by atoms with Crippen molar-refractivity contribution < 1.29 is 4.42 Å². The molecule has 0 fully saturated rings. The van der Waals surface area contributed by atoms with E-state index in [0.29, 0.717) is 6.04 Å². The molecule has 0 amide bonds. The molecule has 1 unspecified atom stereocenters. The van der Waals surface area contributed by atoms with Crippen molar-refractivity contribution in [2.24, 2.45) is 0 Å². The van der Waals surface area contributed by atoms with Gasteiger partial charge in [-0.1, -0.05) is 32.6 Å². The first-order valence-corrected chi connectivity index (χ1v) is 6.21. The lowest BCUT2D eigenvalue weighted by Gasteiger charge is -2.23. The molecule has 0 saturated carbocycles. The summed E-state index contributed by atoms with van der Waals surface area (Å²) < 4.78 is 5.47. The van der Waals surface area contributed by atoms with Crippen LogP contribution in [0.25, 0.3) is 0 Å². The van der Waals surface area contributed by atoms with E-state index in [0.717, 1.165) is 13.0 Å². The number of nitrogens with one attached hydrogen (secondary N) is 1. The normalized spacial score (nSPS) is 20.2. The monoisotopic (exact) mass is 207 g/mol. The first-order valence-electron chi connectivity index (χ1n) is 6.21. The summed E-state index contributed by atoms with van der Waals surface area (Å²) in [6, 6.07) is 2.68. The van der Waals surface area contributed by atoms with Crippen molar-refractivity contribution in [2.45, 2.75) is 51.5 Å². The molecule has 1 aliphatic rings. The zero-order valence-electron chi connectivity index (χ0n) is 9.59. The van der Waals surface area contributed by atoms with Crippen LogP contribution in [0, 0.1) is 0 Å². The van der Waals surface area contributed by atoms with E-state index in [2.05, 4.69) is 18.3 Å². The van der Waals surface area contributed by atoms with Crippen molar-refractivity contribution in [1.29, 1.82) is 0 Å². The third kappa shape index (κ3) is 2.63. The second kappa shape index (κ2) is 5.36. The van der Waals surface area contributed by atoms with Crippen molar-refractivity contribution in [2.75, 3.05) is 6.54 Å². The van der Waals surface area contributed by atoms with Crippen LogP contribution in [0.2, 0.25) is 0 Å². The van der Waals surface area contributed by atoms with Crippen molar-refractivity contribution in [3.8, 4) is 0 Å².